The Bertz CT molecular complexity index is 471. The molecule has 0 saturated heterocycles. The molecule has 0 fully saturated rings. The third-order valence-corrected chi connectivity index (χ3v) is 3.09. The summed E-state index contributed by atoms with van der Waals surface area (Å²) in [7, 11) is 0. The molecule has 0 heterocycles. The Hall–Kier alpha value is -1.55. The van der Waals surface area contributed by atoms with Crippen LogP contribution < -0.4 is 4.74 Å². The molecule has 116 valence electrons. The van der Waals surface area contributed by atoms with Gasteiger partial charge in [-0.05, 0) is 30.9 Å². The Morgan fingerprint density at radius 1 is 1.14 bits per heavy atom. The molecule has 0 atom stereocenters. The quantitative estimate of drug-likeness (QED) is 0.413. The van der Waals surface area contributed by atoms with Crippen LogP contribution in [0.15, 0.2) is 24.3 Å². The first kappa shape index (κ1) is 17.5. The number of rotatable bonds is 8. The molecule has 0 saturated carbocycles. The number of hydrogen-bond donors (Lipinski definition) is 0. The first-order chi connectivity index (χ1) is 9.99. The minimum Gasteiger partial charge on any atom is -0.466 e. The smallest absolute Gasteiger partial charge is 0.311 e. The third kappa shape index (κ3) is 7.71. The van der Waals surface area contributed by atoms with Crippen LogP contribution in [-0.2, 0) is 14.3 Å². The summed E-state index contributed by atoms with van der Waals surface area (Å²) in [5.41, 5.74) is 0. The summed E-state index contributed by atoms with van der Waals surface area (Å²) < 4.78 is 10.1. The van der Waals surface area contributed by atoms with Gasteiger partial charge in [-0.25, -0.2) is 0 Å². The number of hydrogen-bond acceptors (Lipinski definition) is 4. The molecule has 1 aromatic rings. The normalized spacial score (nSPS) is 10.5. The minimum absolute atomic E-state index is 0.0188. The summed E-state index contributed by atoms with van der Waals surface area (Å²) in [6, 6.07) is 6.70. The third-order valence-electron chi connectivity index (χ3n) is 2.78. The highest BCUT2D eigenvalue weighted by Gasteiger charge is 2.11. The minimum atomic E-state index is -0.498. The Kier molecular flexibility index (Phi) is 7.83. The predicted octanol–water partition coefficient (Wildman–Crippen LogP) is 4.01. The van der Waals surface area contributed by atoms with Crippen LogP contribution in [0, 0.1) is 5.92 Å². The number of benzene rings is 1. The largest absolute Gasteiger partial charge is 0.466 e. The molecule has 0 spiro atoms. The lowest BCUT2D eigenvalue weighted by Crippen LogP contribution is -2.13. The highest BCUT2D eigenvalue weighted by molar-refractivity contribution is 6.32. The summed E-state index contributed by atoms with van der Waals surface area (Å²) in [5, 5.41) is 0.363. The van der Waals surface area contributed by atoms with Crippen molar-refractivity contribution in [2.45, 2.75) is 39.5 Å². The lowest BCUT2D eigenvalue weighted by molar-refractivity contribution is -0.147. The molecule has 0 aliphatic rings. The van der Waals surface area contributed by atoms with E-state index in [-0.39, 0.29) is 18.8 Å². The molecule has 0 amide bonds. The van der Waals surface area contributed by atoms with Crippen molar-refractivity contribution < 1.29 is 19.1 Å². The first-order valence-electron chi connectivity index (χ1n) is 7.10. The van der Waals surface area contributed by atoms with E-state index in [1.165, 1.54) is 0 Å². The van der Waals surface area contributed by atoms with Crippen molar-refractivity contribution >= 4 is 23.5 Å². The van der Waals surface area contributed by atoms with Crippen molar-refractivity contribution in [1.29, 1.82) is 0 Å². The van der Waals surface area contributed by atoms with Gasteiger partial charge < -0.3 is 9.47 Å². The number of para-hydroxylation sites is 1. The van der Waals surface area contributed by atoms with E-state index in [9.17, 15) is 9.59 Å². The van der Waals surface area contributed by atoms with Crippen LogP contribution in [0.1, 0.15) is 39.5 Å². The van der Waals surface area contributed by atoms with Crippen molar-refractivity contribution in [3.8, 4) is 5.75 Å². The molecule has 21 heavy (non-hydrogen) atoms. The maximum absolute atomic E-state index is 11.6. The summed E-state index contributed by atoms with van der Waals surface area (Å²) in [4.78, 5) is 23.1. The van der Waals surface area contributed by atoms with E-state index in [1.807, 2.05) is 0 Å². The Balaban J connectivity index is 2.21. The van der Waals surface area contributed by atoms with Gasteiger partial charge in [0.15, 0.2) is 0 Å². The van der Waals surface area contributed by atoms with E-state index in [2.05, 4.69) is 13.8 Å². The van der Waals surface area contributed by atoms with E-state index in [0.29, 0.717) is 23.3 Å². The van der Waals surface area contributed by atoms with Crippen molar-refractivity contribution in [3.05, 3.63) is 29.3 Å². The van der Waals surface area contributed by atoms with Crippen LogP contribution >= 0.6 is 11.6 Å². The molecule has 4 nitrogen and oxygen atoms in total. The number of halogens is 1. The second kappa shape index (κ2) is 9.40. The van der Waals surface area contributed by atoms with E-state index >= 15 is 0 Å². The summed E-state index contributed by atoms with van der Waals surface area (Å²) in [6.45, 7) is 4.63. The van der Waals surface area contributed by atoms with Gasteiger partial charge in [0, 0.05) is 0 Å². The Labute approximate surface area is 130 Å². The van der Waals surface area contributed by atoms with Gasteiger partial charge in [-0.2, -0.15) is 0 Å². The average molecular weight is 313 g/mol. The number of ether oxygens (including phenoxy) is 2. The standard InChI is InChI=1S/C16H21ClO4/c1-12(2)6-5-11-20-15(18)9-10-16(19)21-14-8-4-3-7-13(14)17/h3-4,7-8,12H,5-6,9-11H2,1-2H3. The molecule has 0 radical (unpaired) electrons. The fourth-order valence-electron chi connectivity index (χ4n) is 1.66. The van der Waals surface area contributed by atoms with Crippen LogP contribution in [0.5, 0.6) is 5.75 Å². The van der Waals surface area contributed by atoms with Gasteiger partial charge in [0.05, 0.1) is 24.5 Å². The molecular formula is C16H21ClO4. The van der Waals surface area contributed by atoms with Gasteiger partial charge in [0.1, 0.15) is 5.75 Å². The van der Waals surface area contributed by atoms with Crippen LogP contribution in [-0.4, -0.2) is 18.5 Å². The lowest BCUT2D eigenvalue weighted by Gasteiger charge is -2.07. The second-order valence-corrected chi connectivity index (χ2v) is 5.57. The Morgan fingerprint density at radius 2 is 1.81 bits per heavy atom. The van der Waals surface area contributed by atoms with E-state index in [0.717, 1.165) is 12.8 Å². The van der Waals surface area contributed by atoms with E-state index in [1.54, 1.807) is 24.3 Å². The fourth-order valence-corrected chi connectivity index (χ4v) is 1.83. The second-order valence-electron chi connectivity index (χ2n) is 5.16. The SMILES string of the molecule is CC(C)CCCOC(=O)CCC(=O)Oc1ccccc1Cl. The zero-order valence-corrected chi connectivity index (χ0v) is 13.2. The fraction of sp³-hybridized carbons (Fsp3) is 0.500. The molecule has 0 N–H and O–H groups in total. The Morgan fingerprint density at radius 3 is 2.48 bits per heavy atom. The van der Waals surface area contributed by atoms with Gasteiger partial charge in [-0.3, -0.25) is 9.59 Å². The average Bonchev–Trinajstić information content (AvgIpc) is 2.44. The summed E-state index contributed by atoms with van der Waals surface area (Å²) in [5.74, 6) is 0.0147. The summed E-state index contributed by atoms with van der Waals surface area (Å²) >= 11 is 5.87. The maximum atomic E-state index is 11.6. The molecule has 0 aliphatic carbocycles. The molecule has 0 bridgehead atoms. The molecule has 0 aromatic heterocycles. The first-order valence-corrected chi connectivity index (χ1v) is 7.47. The number of carbonyl (C=O) groups is 2. The number of carbonyl (C=O) groups excluding carboxylic acids is 2. The van der Waals surface area contributed by atoms with Gasteiger partial charge in [-0.1, -0.05) is 37.6 Å². The maximum Gasteiger partial charge on any atom is 0.311 e. The lowest BCUT2D eigenvalue weighted by atomic mass is 10.1. The highest BCUT2D eigenvalue weighted by atomic mass is 35.5. The van der Waals surface area contributed by atoms with Crippen LogP contribution in [0.25, 0.3) is 0 Å². The molecule has 1 rings (SSSR count). The van der Waals surface area contributed by atoms with Crippen molar-refractivity contribution in [1.82, 2.24) is 0 Å². The topological polar surface area (TPSA) is 52.6 Å². The van der Waals surface area contributed by atoms with E-state index in [4.69, 9.17) is 21.1 Å². The molecule has 0 aliphatic heterocycles. The number of esters is 2. The van der Waals surface area contributed by atoms with Crippen molar-refractivity contribution in [2.24, 2.45) is 5.92 Å². The zero-order chi connectivity index (χ0) is 15.7. The highest BCUT2D eigenvalue weighted by Crippen LogP contribution is 2.23. The van der Waals surface area contributed by atoms with Gasteiger partial charge in [0.25, 0.3) is 0 Å². The monoisotopic (exact) mass is 312 g/mol. The van der Waals surface area contributed by atoms with Crippen LogP contribution in [0.2, 0.25) is 5.02 Å². The summed E-state index contributed by atoms with van der Waals surface area (Å²) in [6.07, 6.45) is 1.86. The molecular weight excluding hydrogens is 292 g/mol. The van der Waals surface area contributed by atoms with Crippen molar-refractivity contribution in [3.63, 3.8) is 0 Å². The van der Waals surface area contributed by atoms with Gasteiger partial charge in [0.2, 0.25) is 0 Å². The van der Waals surface area contributed by atoms with Gasteiger partial charge in [-0.15, -0.1) is 0 Å². The van der Waals surface area contributed by atoms with Gasteiger partial charge >= 0.3 is 11.9 Å². The molecule has 0 unspecified atom stereocenters. The van der Waals surface area contributed by atoms with Crippen LogP contribution in [0.4, 0.5) is 0 Å². The van der Waals surface area contributed by atoms with E-state index < -0.39 is 5.97 Å². The van der Waals surface area contributed by atoms with Crippen molar-refractivity contribution in [2.75, 3.05) is 6.61 Å². The zero-order valence-electron chi connectivity index (χ0n) is 12.4. The molecule has 1 aromatic carbocycles. The van der Waals surface area contributed by atoms with Crippen LogP contribution in [0.3, 0.4) is 0 Å². The molecule has 5 heteroatoms. The predicted molar refractivity (Wildman–Crippen MR) is 81.4 cm³/mol.